The molecule has 0 aliphatic carbocycles. The average Bonchev–Trinajstić information content (AvgIpc) is 3.22. The lowest BCUT2D eigenvalue weighted by Gasteiger charge is -2.22. The van der Waals surface area contributed by atoms with Crippen LogP contribution < -0.4 is 5.32 Å². The number of nitrogens with one attached hydrogen (secondary N) is 1. The Balaban J connectivity index is 3.40. The molecule has 0 fully saturated rings. The number of aliphatic hydroxyl groups is 2. The zero-order valence-corrected chi connectivity index (χ0v) is 37.6. The van der Waals surface area contributed by atoms with E-state index in [0.717, 1.165) is 83.5 Å². The van der Waals surface area contributed by atoms with E-state index in [1.54, 1.807) is 0 Å². The molecular weight excluding hydrogens is 699 g/mol. The van der Waals surface area contributed by atoms with Gasteiger partial charge in [0.05, 0.1) is 18.8 Å². The van der Waals surface area contributed by atoms with E-state index in [2.05, 4.69) is 104 Å². The number of unbranched alkanes of at least 4 members (excludes halogenated alkanes) is 22. The number of carbonyl (C=O) groups excluding carboxylic acids is 1. The fourth-order valence-electron chi connectivity index (χ4n) is 6.99. The van der Waals surface area contributed by atoms with Crippen molar-refractivity contribution < 1.29 is 15.0 Å². The Morgan fingerprint density at radius 2 is 0.772 bits per heavy atom. The van der Waals surface area contributed by atoms with Crippen LogP contribution in [0.4, 0.5) is 0 Å². The molecule has 3 N–H and O–H groups in total. The number of allylic oxidation sites excluding steroid dienone is 14. The first-order valence-corrected chi connectivity index (χ1v) is 24.3. The zero-order valence-electron chi connectivity index (χ0n) is 37.6. The largest absolute Gasteiger partial charge is 0.394 e. The van der Waals surface area contributed by atoms with Crippen molar-refractivity contribution in [3.05, 3.63) is 85.1 Å². The van der Waals surface area contributed by atoms with Crippen molar-refractivity contribution in [2.75, 3.05) is 6.61 Å². The third-order valence-corrected chi connectivity index (χ3v) is 10.7. The predicted octanol–water partition coefficient (Wildman–Crippen LogP) is 15.6. The van der Waals surface area contributed by atoms with E-state index < -0.39 is 12.1 Å². The van der Waals surface area contributed by atoms with Crippen LogP contribution in [-0.4, -0.2) is 34.9 Å². The average molecular weight is 792 g/mol. The maximum atomic E-state index is 12.2. The standard InChI is InChI=1S/C53H93NO3/c1-3-5-7-9-10-11-12-13-14-15-16-17-18-19-20-21-22-23-24-25-26-27-28-29-30-31-32-33-34-35-36-37-38-39-40-41-42-43-44-45-47-49-53(57)54-51(50-55)52(56)48-46-8-6-4-2/h5,7,10-11,13-14,16-17,19-20,22-23,25-26,51-52,55-56H,3-4,6,8-9,12,15,18,21,24,27-50H2,1-2H3,(H,54,57)/b7-5-,11-10-,14-13-,17-16-,20-19-,23-22-,26-25-. The van der Waals surface area contributed by atoms with Crippen molar-refractivity contribution >= 4 is 5.91 Å². The molecule has 4 heteroatoms. The van der Waals surface area contributed by atoms with Crippen LogP contribution in [0.5, 0.6) is 0 Å². The molecule has 0 aromatic rings. The van der Waals surface area contributed by atoms with Crippen molar-refractivity contribution in [3.8, 4) is 0 Å². The molecule has 0 rings (SSSR count). The minimum atomic E-state index is -0.656. The van der Waals surface area contributed by atoms with Crippen molar-refractivity contribution in [3.63, 3.8) is 0 Å². The molecule has 0 radical (unpaired) electrons. The summed E-state index contributed by atoms with van der Waals surface area (Å²) in [5, 5.41) is 22.7. The van der Waals surface area contributed by atoms with Crippen LogP contribution >= 0.6 is 0 Å². The van der Waals surface area contributed by atoms with Gasteiger partial charge in [-0.2, -0.15) is 0 Å². The molecule has 0 aliphatic rings. The van der Waals surface area contributed by atoms with E-state index in [1.165, 1.54) is 116 Å². The zero-order chi connectivity index (χ0) is 41.4. The highest BCUT2D eigenvalue weighted by molar-refractivity contribution is 5.76. The van der Waals surface area contributed by atoms with Gasteiger partial charge in [-0.1, -0.05) is 234 Å². The third-order valence-electron chi connectivity index (χ3n) is 10.7. The van der Waals surface area contributed by atoms with E-state index in [0.29, 0.717) is 12.8 Å². The number of amides is 1. The molecule has 0 aromatic carbocycles. The molecule has 0 aromatic heterocycles. The van der Waals surface area contributed by atoms with Gasteiger partial charge in [0.25, 0.3) is 0 Å². The van der Waals surface area contributed by atoms with Gasteiger partial charge in [-0.15, -0.1) is 0 Å². The fraction of sp³-hybridized carbons (Fsp3) is 0.717. The lowest BCUT2D eigenvalue weighted by molar-refractivity contribution is -0.123. The highest BCUT2D eigenvalue weighted by Crippen LogP contribution is 2.16. The van der Waals surface area contributed by atoms with Crippen LogP contribution in [0.3, 0.4) is 0 Å². The number of hydrogen-bond acceptors (Lipinski definition) is 3. The topological polar surface area (TPSA) is 69.6 Å². The van der Waals surface area contributed by atoms with Gasteiger partial charge in [0.1, 0.15) is 0 Å². The molecule has 328 valence electrons. The molecule has 0 heterocycles. The molecule has 57 heavy (non-hydrogen) atoms. The summed E-state index contributed by atoms with van der Waals surface area (Å²) in [4.78, 5) is 12.2. The Morgan fingerprint density at radius 1 is 0.439 bits per heavy atom. The first kappa shape index (κ1) is 54.6. The van der Waals surface area contributed by atoms with Crippen LogP contribution in [0.2, 0.25) is 0 Å². The lowest BCUT2D eigenvalue weighted by atomic mass is 10.0. The number of aliphatic hydroxyl groups excluding tert-OH is 2. The van der Waals surface area contributed by atoms with Gasteiger partial charge in [0.15, 0.2) is 0 Å². The molecule has 0 aliphatic heterocycles. The minimum Gasteiger partial charge on any atom is -0.394 e. The summed E-state index contributed by atoms with van der Waals surface area (Å²) in [7, 11) is 0. The molecule has 2 atom stereocenters. The Morgan fingerprint density at radius 3 is 1.14 bits per heavy atom. The summed E-state index contributed by atoms with van der Waals surface area (Å²) in [6, 6.07) is -0.533. The number of rotatable bonds is 43. The maximum Gasteiger partial charge on any atom is 0.220 e. The van der Waals surface area contributed by atoms with Crippen LogP contribution in [0, 0.1) is 0 Å². The van der Waals surface area contributed by atoms with Crippen LogP contribution in [0.15, 0.2) is 85.1 Å². The summed E-state index contributed by atoms with van der Waals surface area (Å²) in [5.74, 6) is -0.0413. The molecular formula is C53H93NO3. The molecule has 1 amide bonds. The highest BCUT2D eigenvalue weighted by Gasteiger charge is 2.19. The van der Waals surface area contributed by atoms with E-state index >= 15 is 0 Å². The third kappa shape index (κ3) is 44.5. The Hall–Kier alpha value is -2.43. The smallest absolute Gasteiger partial charge is 0.220 e. The van der Waals surface area contributed by atoms with Gasteiger partial charge in [0.2, 0.25) is 5.91 Å². The summed E-state index contributed by atoms with van der Waals surface area (Å²) in [5.41, 5.74) is 0. The second kappa shape index (κ2) is 47.9. The number of hydrogen-bond donors (Lipinski definition) is 3. The minimum absolute atomic E-state index is 0.0413. The van der Waals surface area contributed by atoms with Crippen molar-refractivity contribution in [1.82, 2.24) is 5.32 Å². The normalized spacial score (nSPS) is 13.7. The molecule has 0 saturated carbocycles. The van der Waals surface area contributed by atoms with Gasteiger partial charge >= 0.3 is 0 Å². The maximum absolute atomic E-state index is 12.2. The molecule has 0 saturated heterocycles. The second-order valence-corrected chi connectivity index (χ2v) is 16.2. The lowest BCUT2D eigenvalue weighted by Crippen LogP contribution is -2.45. The first-order chi connectivity index (χ1) is 28.2. The molecule has 0 bridgehead atoms. The first-order valence-electron chi connectivity index (χ1n) is 24.3. The summed E-state index contributed by atoms with van der Waals surface area (Å²) in [6.07, 6.45) is 70.3. The van der Waals surface area contributed by atoms with Crippen molar-refractivity contribution in [2.24, 2.45) is 0 Å². The molecule has 4 nitrogen and oxygen atoms in total. The summed E-state index contributed by atoms with van der Waals surface area (Å²) < 4.78 is 0. The van der Waals surface area contributed by atoms with E-state index in [-0.39, 0.29) is 12.5 Å². The van der Waals surface area contributed by atoms with E-state index in [4.69, 9.17) is 0 Å². The van der Waals surface area contributed by atoms with Gasteiger partial charge in [-0.25, -0.2) is 0 Å². The monoisotopic (exact) mass is 792 g/mol. The summed E-state index contributed by atoms with van der Waals surface area (Å²) >= 11 is 0. The van der Waals surface area contributed by atoms with Crippen LogP contribution in [0.25, 0.3) is 0 Å². The highest BCUT2D eigenvalue weighted by atomic mass is 16.3. The Bertz CT molecular complexity index is 1030. The van der Waals surface area contributed by atoms with Crippen LogP contribution in [0.1, 0.15) is 226 Å². The Labute approximate surface area is 354 Å². The predicted molar refractivity (Wildman–Crippen MR) is 253 cm³/mol. The van der Waals surface area contributed by atoms with E-state index in [1.807, 2.05) is 0 Å². The van der Waals surface area contributed by atoms with Gasteiger partial charge < -0.3 is 15.5 Å². The fourth-order valence-corrected chi connectivity index (χ4v) is 6.99. The van der Waals surface area contributed by atoms with Crippen molar-refractivity contribution in [1.29, 1.82) is 0 Å². The summed E-state index contributed by atoms with van der Waals surface area (Å²) in [6.45, 7) is 4.13. The van der Waals surface area contributed by atoms with Gasteiger partial charge in [0, 0.05) is 6.42 Å². The van der Waals surface area contributed by atoms with Crippen molar-refractivity contribution in [2.45, 2.75) is 238 Å². The SMILES string of the molecule is CC/C=C\C/C=C\C/C=C\C/C=C\C/C=C\C/C=C\C/C=C\CCCCCCCCCCCCCCCCCCCCCC(=O)NC(CO)C(O)CCCCCC. The number of carbonyl (C=O) groups is 1. The Kier molecular flexibility index (Phi) is 45.9. The quantitative estimate of drug-likeness (QED) is 0.0425. The van der Waals surface area contributed by atoms with Gasteiger partial charge in [-0.3, -0.25) is 4.79 Å². The van der Waals surface area contributed by atoms with E-state index in [9.17, 15) is 15.0 Å². The second-order valence-electron chi connectivity index (χ2n) is 16.2. The molecule has 0 spiro atoms. The van der Waals surface area contributed by atoms with Crippen LogP contribution in [-0.2, 0) is 4.79 Å². The molecule has 2 unspecified atom stereocenters. The van der Waals surface area contributed by atoms with Gasteiger partial charge in [-0.05, 0) is 70.6 Å².